The van der Waals surface area contributed by atoms with Gasteiger partial charge in [0.15, 0.2) is 0 Å². The predicted molar refractivity (Wildman–Crippen MR) is 119 cm³/mol. The molecule has 0 radical (unpaired) electrons. The smallest absolute Gasteiger partial charge is 0.424 e. The molecule has 0 saturated carbocycles. The summed E-state index contributed by atoms with van der Waals surface area (Å²) in [6.45, 7) is 8.67. The van der Waals surface area contributed by atoms with Crippen LogP contribution in [0.3, 0.4) is 0 Å². The fourth-order valence-electron chi connectivity index (χ4n) is 3.87. The van der Waals surface area contributed by atoms with E-state index in [4.69, 9.17) is 14.1 Å². The number of furan rings is 1. The molecule has 4 heterocycles. The van der Waals surface area contributed by atoms with E-state index >= 15 is 0 Å². The Morgan fingerprint density at radius 2 is 1.88 bits per heavy atom. The van der Waals surface area contributed by atoms with Crippen LogP contribution in [-0.2, 0) is 16.9 Å². The van der Waals surface area contributed by atoms with Crippen LogP contribution in [0.5, 0.6) is 0 Å². The van der Waals surface area contributed by atoms with E-state index in [1.54, 1.807) is 0 Å². The highest BCUT2D eigenvalue weighted by atomic mass is 32.1. The van der Waals surface area contributed by atoms with Gasteiger partial charge in [-0.25, -0.2) is 9.97 Å². The molecule has 1 aliphatic rings. The summed E-state index contributed by atoms with van der Waals surface area (Å²) in [7, 11) is 0. The Hall–Kier alpha value is -2.21. The third kappa shape index (κ3) is 4.86. The number of aliphatic hydroxyl groups is 1. The minimum atomic E-state index is -4.89. The number of aromatic nitrogens is 2. The average molecular weight is 485 g/mol. The minimum absolute atomic E-state index is 0.160. The number of fused-ring (bicyclic) bond motifs is 1. The van der Waals surface area contributed by atoms with Gasteiger partial charge in [-0.2, -0.15) is 13.2 Å². The number of ether oxygens (including phenoxy) is 1. The molecule has 0 aromatic carbocycles. The van der Waals surface area contributed by atoms with Gasteiger partial charge < -0.3 is 19.6 Å². The molecule has 1 fully saturated rings. The maximum absolute atomic E-state index is 13.8. The van der Waals surface area contributed by atoms with Gasteiger partial charge in [0.1, 0.15) is 28.0 Å². The Morgan fingerprint density at radius 3 is 2.52 bits per heavy atom. The molecule has 11 heteroatoms. The SMILES string of the molecule is Cc1ccc(C(O)(CCNc2nc(CN3CCOCC3)nc3sc(C)c(C)c23)C(F)(F)F)o1. The molecule has 3 aromatic rings. The lowest BCUT2D eigenvalue weighted by molar-refractivity contribution is -0.274. The molecule has 2 N–H and O–H groups in total. The van der Waals surface area contributed by atoms with Crippen LogP contribution >= 0.6 is 11.3 Å². The minimum Gasteiger partial charge on any atom is -0.463 e. The number of thiophene rings is 1. The second-order valence-corrected chi connectivity index (χ2v) is 9.49. The van der Waals surface area contributed by atoms with Crippen LogP contribution in [0.1, 0.15) is 34.2 Å². The van der Waals surface area contributed by atoms with E-state index in [0.717, 1.165) is 33.7 Å². The molecule has 1 unspecified atom stereocenters. The van der Waals surface area contributed by atoms with Crippen molar-refractivity contribution in [3.63, 3.8) is 0 Å². The van der Waals surface area contributed by atoms with Crippen molar-refractivity contribution in [3.8, 4) is 0 Å². The Labute approximate surface area is 193 Å². The summed E-state index contributed by atoms with van der Waals surface area (Å²) in [6, 6.07) is 2.57. The van der Waals surface area contributed by atoms with Crippen molar-refractivity contribution in [1.82, 2.24) is 14.9 Å². The van der Waals surface area contributed by atoms with E-state index in [1.807, 2.05) is 13.8 Å². The van der Waals surface area contributed by atoms with Gasteiger partial charge in [-0.05, 0) is 38.5 Å². The molecule has 180 valence electrons. The maximum atomic E-state index is 13.8. The van der Waals surface area contributed by atoms with Crippen molar-refractivity contribution in [2.75, 3.05) is 38.2 Å². The zero-order valence-corrected chi connectivity index (χ0v) is 19.6. The molecule has 0 spiro atoms. The number of halogens is 3. The standard InChI is InChI=1S/C22H27F3N4O3S/c1-13-4-5-16(32-13)21(30,22(23,24)25)6-7-26-19-18-14(2)15(3)33-20(18)28-17(27-19)12-29-8-10-31-11-9-29/h4-5,30H,6-12H2,1-3H3,(H,26,27,28). The third-order valence-electron chi connectivity index (χ3n) is 5.94. The third-order valence-corrected chi connectivity index (χ3v) is 7.04. The highest BCUT2D eigenvalue weighted by molar-refractivity contribution is 7.18. The number of morpholine rings is 1. The van der Waals surface area contributed by atoms with E-state index in [9.17, 15) is 18.3 Å². The quantitative estimate of drug-likeness (QED) is 0.518. The topological polar surface area (TPSA) is 83.7 Å². The van der Waals surface area contributed by atoms with E-state index in [1.165, 1.54) is 30.4 Å². The van der Waals surface area contributed by atoms with E-state index in [2.05, 4.69) is 15.2 Å². The summed E-state index contributed by atoms with van der Waals surface area (Å²) in [4.78, 5) is 13.4. The van der Waals surface area contributed by atoms with Crippen molar-refractivity contribution >= 4 is 27.4 Å². The fourth-order valence-corrected chi connectivity index (χ4v) is 4.92. The number of hydrogen-bond acceptors (Lipinski definition) is 8. The molecule has 1 saturated heterocycles. The first kappa shape index (κ1) is 23.9. The van der Waals surface area contributed by atoms with Gasteiger partial charge in [0.05, 0.1) is 25.1 Å². The molecular weight excluding hydrogens is 457 g/mol. The highest BCUT2D eigenvalue weighted by Gasteiger charge is 2.56. The molecule has 0 bridgehead atoms. The van der Waals surface area contributed by atoms with Gasteiger partial charge in [-0.15, -0.1) is 11.3 Å². The Morgan fingerprint density at radius 1 is 1.15 bits per heavy atom. The molecule has 7 nitrogen and oxygen atoms in total. The van der Waals surface area contributed by atoms with Gasteiger partial charge in [0.25, 0.3) is 0 Å². The van der Waals surface area contributed by atoms with Crippen LogP contribution in [0.25, 0.3) is 10.2 Å². The van der Waals surface area contributed by atoms with Crippen molar-refractivity contribution in [2.45, 2.75) is 45.5 Å². The Kier molecular flexibility index (Phi) is 6.68. The number of nitrogens with one attached hydrogen (secondary N) is 1. The summed E-state index contributed by atoms with van der Waals surface area (Å²) in [5, 5.41) is 14.4. The summed E-state index contributed by atoms with van der Waals surface area (Å²) in [5.74, 6) is 0.860. The second kappa shape index (κ2) is 9.21. The lowest BCUT2D eigenvalue weighted by atomic mass is 9.95. The van der Waals surface area contributed by atoms with Crippen molar-refractivity contribution in [2.24, 2.45) is 0 Å². The van der Waals surface area contributed by atoms with Gasteiger partial charge in [-0.1, -0.05) is 0 Å². The number of nitrogens with zero attached hydrogens (tertiary/aromatic N) is 3. The number of aryl methyl sites for hydroxylation is 3. The zero-order valence-electron chi connectivity index (χ0n) is 18.8. The first-order valence-corrected chi connectivity index (χ1v) is 11.6. The number of alkyl halides is 3. The normalized spacial score (nSPS) is 17.4. The molecule has 1 atom stereocenters. The summed E-state index contributed by atoms with van der Waals surface area (Å²) < 4.78 is 51.9. The van der Waals surface area contributed by atoms with Crippen molar-refractivity contribution in [3.05, 3.63) is 39.9 Å². The van der Waals surface area contributed by atoms with Crippen LogP contribution in [-0.4, -0.2) is 59.0 Å². The molecule has 1 aliphatic heterocycles. The van der Waals surface area contributed by atoms with Crippen LogP contribution in [0.15, 0.2) is 16.5 Å². The summed E-state index contributed by atoms with van der Waals surface area (Å²) >= 11 is 1.53. The van der Waals surface area contributed by atoms with Crippen LogP contribution in [0, 0.1) is 20.8 Å². The number of hydrogen-bond donors (Lipinski definition) is 2. The molecule has 33 heavy (non-hydrogen) atoms. The average Bonchev–Trinajstić information content (AvgIpc) is 3.31. The fraction of sp³-hybridized carbons (Fsp3) is 0.545. The Balaban J connectivity index is 1.59. The Bertz CT molecular complexity index is 1120. The predicted octanol–water partition coefficient (Wildman–Crippen LogP) is 4.29. The first-order valence-electron chi connectivity index (χ1n) is 10.7. The van der Waals surface area contributed by atoms with Crippen molar-refractivity contribution < 1.29 is 27.4 Å². The monoisotopic (exact) mass is 484 g/mol. The van der Waals surface area contributed by atoms with Gasteiger partial charge in [0, 0.05) is 30.9 Å². The molecular formula is C22H27F3N4O3S. The van der Waals surface area contributed by atoms with E-state index < -0.39 is 24.0 Å². The van der Waals surface area contributed by atoms with E-state index in [-0.39, 0.29) is 6.54 Å². The second-order valence-electron chi connectivity index (χ2n) is 8.29. The first-order chi connectivity index (χ1) is 15.6. The summed E-state index contributed by atoms with van der Waals surface area (Å²) in [6.07, 6.45) is -5.52. The summed E-state index contributed by atoms with van der Waals surface area (Å²) in [5.41, 5.74) is -2.11. The molecule has 4 rings (SSSR count). The molecule has 3 aromatic heterocycles. The van der Waals surface area contributed by atoms with Crippen LogP contribution in [0.4, 0.5) is 19.0 Å². The lowest BCUT2D eigenvalue weighted by Gasteiger charge is -2.29. The van der Waals surface area contributed by atoms with Gasteiger partial charge in [-0.3, -0.25) is 4.90 Å². The van der Waals surface area contributed by atoms with Gasteiger partial charge >= 0.3 is 6.18 Å². The number of rotatable bonds is 7. The maximum Gasteiger partial charge on any atom is 0.424 e. The largest absolute Gasteiger partial charge is 0.463 e. The lowest BCUT2D eigenvalue weighted by Crippen LogP contribution is -2.43. The molecule has 0 aliphatic carbocycles. The van der Waals surface area contributed by atoms with Crippen molar-refractivity contribution in [1.29, 1.82) is 0 Å². The zero-order chi connectivity index (χ0) is 23.8. The number of anilines is 1. The highest BCUT2D eigenvalue weighted by Crippen LogP contribution is 2.42. The van der Waals surface area contributed by atoms with E-state index in [0.29, 0.717) is 37.2 Å². The van der Waals surface area contributed by atoms with Gasteiger partial charge in [0.2, 0.25) is 5.60 Å². The van der Waals surface area contributed by atoms with Crippen LogP contribution < -0.4 is 5.32 Å². The molecule has 0 amide bonds. The van der Waals surface area contributed by atoms with Crippen LogP contribution in [0.2, 0.25) is 0 Å².